The lowest BCUT2D eigenvalue weighted by Gasteiger charge is -2.28. The van der Waals surface area contributed by atoms with Crippen LogP contribution in [0.1, 0.15) is 47.0 Å². The summed E-state index contributed by atoms with van der Waals surface area (Å²) >= 11 is 0. The number of nitrogens with one attached hydrogen (secondary N) is 2. The third kappa shape index (κ3) is 8.50. The highest BCUT2D eigenvalue weighted by atomic mass is 127. The van der Waals surface area contributed by atoms with Gasteiger partial charge in [0.15, 0.2) is 5.96 Å². The zero-order valence-corrected chi connectivity index (χ0v) is 18.2. The molecule has 1 fully saturated rings. The molecule has 0 saturated carbocycles. The number of rotatable bonds is 7. The molecule has 1 aliphatic heterocycles. The van der Waals surface area contributed by atoms with Crippen LogP contribution in [0, 0.1) is 5.41 Å². The summed E-state index contributed by atoms with van der Waals surface area (Å²) in [4.78, 5) is 18.6. The van der Waals surface area contributed by atoms with Crippen molar-refractivity contribution < 1.29 is 9.53 Å². The van der Waals surface area contributed by atoms with Crippen molar-refractivity contribution in [1.82, 2.24) is 15.5 Å². The summed E-state index contributed by atoms with van der Waals surface area (Å²) in [6.07, 6.45) is 2.84. The van der Waals surface area contributed by atoms with Gasteiger partial charge in [-0.3, -0.25) is 9.79 Å². The molecule has 1 heterocycles. The number of guanidine groups is 1. The number of nitrogens with zero attached hydrogens (tertiary/aromatic N) is 2. The van der Waals surface area contributed by atoms with Gasteiger partial charge in [-0.25, -0.2) is 0 Å². The number of carbonyl (C=O) groups excluding carboxylic acids is 1. The molecular weight excluding hydrogens is 419 g/mol. The normalized spacial score (nSPS) is 16.5. The molecule has 24 heavy (non-hydrogen) atoms. The minimum Gasteiger partial charge on any atom is -0.379 e. The molecule has 2 N–H and O–H groups in total. The molecule has 1 rings (SSSR count). The Morgan fingerprint density at radius 1 is 1.25 bits per heavy atom. The highest BCUT2D eigenvalue weighted by molar-refractivity contribution is 14.0. The number of aliphatic imine (C=N–C) groups is 1. The lowest BCUT2D eigenvalue weighted by Crippen LogP contribution is -2.41. The SMILES string of the molecule is CCNC(=NCC(OC)C(C)(C)C)NCCC(=O)N1CCCC1.I. The first-order valence-corrected chi connectivity index (χ1v) is 8.71. The van der Waals surface area contributed by atoms with Crippen molar-refractivity contribution >= 4 is 35.8 Å². The summed E-state index contributed by atoms with van der Waals surface area (Å²) in [6.45, 7) is 12.3. The topological polar surface area (TPSA) is 66.0 Å². The number of halogens is 1. The standard InChI is InChI=1S/C17H34N4O2.HI/c1-6-18-16(20-13-14(23-5)17(2,3)4)19-10-9-15(22)21-11-7-8-12-21;/h14H,6-13H2,1-5H3,(H2,18,19,20);1H. The number of methoxy groups -OCH3 is 1. The van der Waals surface area contributed by atoms with E-state index >= 15 is 0 Å². The van der Waals surface area contributed by atoms with E-state index in [1.807, 2.05) is 11.8 Å². The smallest absolute Gasteiger partial charge is 0.224 e. The van der Waals surface area contributed by atoms with E-state index < -0.39 is 0 Å². The number of hydrogen-bond acceptors (Lipinski definition) is 3. The summed E-state index contributed by atoms with van der Waals surface area (Å²) in [5.74, 6) is 0.975. The predicted octanol–water partition coefficient (Wildman–Crippen LogP) is 2.23. The summed E-state index contributed by atoms with van der Waals surface area (Å²) in [7, 11) is 1.72. The minimum absolute atomic E-state index is 0. The maximum absolute atomic E-state index is 12.0. The molecule has 0 spiro atoms. The van der Waals surface area contributed by atoms with Crippen LogP contribution in [-0.2, 0) is 9.53 Å². The molecule has 1 aliphatic rings. The molecule has 0 aliphatic carbocycles. The third-order valence-electron chi connectivity index (χ3n) is 4.10. The van der Waals surface area contributed by atoms with E-state index in [0.717, 1.165) is 38.4 Å². The Kier molecular flexibility index (Phi) is 11.6. The van der Waals surface area contributed by atoms with Crippen molar-refractivity contribution in [3.8, 4) is 0 Å². The molecule has 1 unspecified atom stereocenters. The zero-order valence-electron chi connectivity index (χ0n) is 15.9. The van der Waals surface area contributed by atoms with Gasteiger partial charge in [0.2, 0.25) is 5.91 Å². The Hall–Kier alpha value is -0.570. The fraction of sp³-hybridized carbons (Fsp3) is 0.882. The lowest BCUT2D eigenvalue weighted by atomic mass is 9.89. The van der Waals surface area contributed by atoms with Gasteiger partial charge in [-0.05, 0) is 25.2 Å². The summed E-state index contributed by atoms with van der Waals surface area (Å²) in [6, 6.07) is 0. The van der Waals surface area contributed by atoms with Crippen LogP contribution in [0.5, 0.6) is 0 Å². The number of carbonyl (C=O) groups is 1. The number of likely N-dealkylation sites (tertiary alicyclic amines) is 1. The molecular formula is C17H35IN4O2. The highest BCUT2D eigenvalue weighted by Crippen LogP contribution is 2.21. The van der Waals surface area contributed by atoms with Gasteiger partial charge in [-0.15, -0.1) is 24.0 Å². The van der Waals surface area contributed by atoms with Gasteiger partial charge >= 0.3 is 0 Å². The molecule has 0 radical (unpaired) electrons. The number of hydrogen-bond donors (Lipinski definition) is 2. The maximum atomic E-state index is 12.0. The van der Waals surface area contributed by atoms with Crippen LogP contribution in [0.2, 0.25) is 0 Å². The van der Waals surface area contributed by atoms with Gasteiger partial charge in [-0.2, -0.15) is 0 Å². The molecule has 7 heteroatoms. The van der Waals surface area contributed by atoms with Gasteiger partial charge in [0.25, 0.3) is 0 Å². The van der Waals surface area contributed by atoms with Crippen molar-refractivity contribution in [2.45, 2.75) is 53.1 Å². The van der Waals surface area contributed by atoms with Gasteiger partial charge in [0, 0.05) is 39.7 Å². The van der Waals surface area contributed by atoms with Crippen molar-refractivity contribution in [3.63, 3.8) is 0 Å². The first-order valence-electron chi connectivity index (χ1n) is 8.71. The molecule has 1 amide bonds. The maximum Gasteiger partial charge on any atom is 0.224 e. The second-order valence-electron chi connectivity index (χ2n) is 7.07. The summed E-state index contributed by atoms with van der Waals surface area (Å²) < 4.78 is 5.53. The fourth-order valence-electron chi connectivity index (χ4n) is 2.63. The minimum atomic E-state index is 0. The van der Waals surface area contributed by atoms with Crippen LogP contribution in [-0.4, -0.2) is 62.7 Å². The Morgan fingerprint density at radius 2 is 1.88 bits per heavy atom. The average Bonchev–Trinajstić information content (AvgIpc) is 3.00. The summed E-state index contributed by atoms with van der Waals surface area (Å²) in [5.41, 5.74) is 0.0430. The first-order chi connectivity index (χ1) is 10.9. The molecule has 1 atom stereocenters. The third-order valence-corrected chi connectivity index (χ3v) is 4.10. The second kappa shape index (κ2) is 11.9. The molecule has 0 bridgehead atoms. The molecule has 1 saturated heterocycles. The Labute approximate surface area is 164 Å². The van der Waals surface area contributed by atoms with E-state index in [2.05, 4.69) is 36.4 Å². The van der Waals surface area contributed by atoms with Gasteiger partial charge < -0.3 is 20.3 Å². The Balaban J connectivity index is 0.00000529. The Bertz CT molecular complexity index is 391. The van der Waals surface area contributed by atoms with E-state index in [1.54, 1.807) is 7.11 Å². The Morgan fingerprint density at radius 3 is 2.38 bits per heavy atom. The second-order valence-corrected chi connectivity index (χ2v) is 7.07. The first kappa shape index (κ1) is 23.4. The van der Waals surface area contributed by atoms with E-state index in [0.29, 0.717) is 19.5 Å². The average molecular weight is 454 g/mol. The van der Waals surface area contributed by atoms with E-state index in [-0.39, 0.29) is 41.4 Å². The molecule has 0 aromatic rings. The molecule has 142 valence electrons. The van der Waals surface area contributed by atoms with E-state index in [4.69, 9.17) is 4.74 Å². The molecule has 0 aromatic heterocycles. The number of amides is 1. The van der Waals surface area contributed by atoms with Crippen LogP contribution < -0.4 is 10.6 Å². The quantitative estimate of drug-likeness (QED) is 0.352. The van der Waals surface area contributed by atoms with E-state index in [1.165, 1.54) is 0 Å². The van der Waals surface area contributed by atoms with Crippen molar-refractivity contribution in [2.24, 2.45) is 10.4 Å². The summed E-state index contributed by atoms with van der Waals surface area (Å²) in [5, 5.41) is 6.46. The zero-order chi connectivity index (χ0) is 17.3. The predicted molar refractivity (Wildman–Crippen MR) is 110 cm³/mol. The van der Waals surface area contributed by atoms with Crippen molar-refractivity contribution in [3.05, 3.63) is 0 Å². The lowest BCUT2D eigenvalue weighted by molar-refractivity contribution is -0.129. The van der Waals surface area contributed by atoms with Crippen LogP contribution in [0.15, 0.2) is 4.99 Å². The van der Waals surface area contributed by atoms with Crippen molar-refractivity contribution in [1.29, 1.82) is 0 Å². The number of ether oxygens (including phenoxy) is 1. The van der Waals surface area contributed by atoms with E-state index in [9.17, 15) is 4.79 Å². The fourth-order valence-corrected chi connectivity index (χ4v) is 2.63. The largest absolute Gasteiger partial charge is 0.379 e. The van der Waals surface area contributed by atoms with Crippen LogP contribution in [0.3, 0.4) is 0 Å². The van der Waals surface area contributed by atoms with Gasteiger partial charge in [0.05, 0.1) is 12.6 Å². The molecule has 0 aromatic carbocycles. The monoisotopic (exact) mass is 454 g/mol. The highest BCUT2D eigenvalue weighted by Gasteiger charge is 2.24. The van der Waals surface area contributed by atoms with Crippen LogP contribution in [0.25, 0.3) is 0 Å². The van der Waals surface area contributed by atoms with Crippen molar-refractivity contribution in [2.75, 3.05) is 39.8 Å². The van der Waals surface area contributed by atoms with Gasteiger partial charge in [0.1, 0.15) is 0 Å². The van der Waals surface area contributed by atoms with Crippen LogP contribution in [0.4, 0.5) is 0 Å². The van der Waals surface area contributed by atoms with Crippen LogP contribution >= 0.6 is 24.0 Å². The molecule has 6 nitrogen and oxygen atoms in total. The van der Waals surface area contributed by atoms with Gasteiger partial charge in [-0.1, -0.05) is 20.8 Å².